The van der Waals surface area contributed by atoms with Crippen LogP contribution in [-0.4, -0.2) is 65.9 Å². The largest absolute Gasteiger partial charge is 0.450 e. The predicted molar refractivity (Wildman–Crippen MR) is 104 cm³/mol. The maximum absolute atomic E-state index is 14.5. The van der Waals surface area contributed by atoms with E-state index in [1.165, 1.54) is 4.90 Å². The van der Waals surface area contributed by atoms with Crippen molar-refractivity contribution in [3.05, 3.63) is 29.0 Å². The lowest BCUT2D eigenvalue weighted by Gasteiger charge is -2.39. The Bertz CT molecular complexity index is 716. The molecule has 1 aromatic rings. The van der Waals surface area contributed by atoms with Crippen LogP contribution in [0.3, 0.4) is 0 Å². The molecule has 8 heteroatoms. The lowest BCUT2D eigenvalue weighted by Crippen LogP contribution is -2.45. The molecule has 1 saturated carbocycles. The molecule has 1 amide bonds. The fourth-order valence-electron chi connectivity index (χ4n) is 4.24. The van der Waals surface area contributed by atoms with E-state index in [2.05, 4.69) is 16.0 Å². The molecule has 2 aliphatic rings. The SMILES string of the molecule is CCOC(=O)N1CCN(C2CCC(C#N)(c3ccc(Cl)cn3)CC2)CC(F)C1. The van der Waals surface area contributed by atoms with Crippen molar-refractivity contribution in [3.8, 4) is 6.07 Å². The van der Waals surface area contributed by atoms with E-state index in [4.69, 9.17) is 16.3 Å². The van der Waals surface area contributed by atoms with Crippen molar-refractivity contribution in [1.82, 2.24) is 14.8 Å². The lowest BCUT2D eigenvalue weighted by atomic mass is 9.71. The summed E-state index contributed by atoms with van der Waals surface area (Å²) < 4.78 is 19.5. The Morgan fingerprint density at radius 2 is 2.14 bits per heavy atom. The summed E-state index contributed by atoms with van der Waals surface area (Å²) >= 11 is 5.92. The van der Waals surface area contributed by atoms with Gasteiger partial charge in [-0.15, -0.1) is 0 Å². The van der Waals surface area contributed by atoms with Crippen molar-refractivity contribution in [2.75, 3.05) is 32.8 Å². The van der Waals surface area contributed by atoms with E-state index in [1.807, 2.05) is 6.07 Å². The number of aromatic nitrogens is 1. The zero-order valence-corrected chi connectivity index (χ0v) is 16.9. The Morgan fingerprint density at radius 1 is 1.39 bits per heavy atom. The summed E-state index contributed by atoms with van der Waals surface area (Å²) in [7, 11) is 0. The van der Waals surface area contributed by atoms with Crippen LogP contribution in [0.25, 0.3) is 0 Å². The van der Waals surface area contributed by atoms with Gasteiger partial charge in [-0.25, -0.2) is 9.18 Å². The van der Waals surface area contributed by atoms with E-state index >= 15 is 0 Å². The number of amides is 1. The summed E-state index contributed by atoms with van der Waals surface area (Å²) in [6.45, 7) is 3.47. The summed E-state index contributed by atoms with van der Waals surface area (Å²) in [5, 5.41) is 10.4. The minimum Gasteiger partial charge on any atom is -0.450 e. The maximum Gasteiger partial charge on any atom is 0.409 e. The molecule has 0 radical (unpaired) electrons. The molecule has 0 bridgehead atoms. The van der Waals surface area contributed by atoms with Crippen molar-refractivity contribution in [2.45, 2.75) is 50.2 Å². The molecule has 0 N–H and O–H groups in total. The molecule has 0 spiro atoms. The minimum atomic E-state index is -1.10. The van der Waals surface area contributed by atoms with Crippen LogP contribution < -0.4 is 0 Å². The van der Waals surface area contributed by atoms with E-state index in [0.717, 1.165) is 18.5 Å². The molecule has 6 nitrogen and oxygen atoms in total. The molecule has 1 saturated heterocycles. The molecule has 1 atom stereocenters. The number of alkyl halides is 1. The molecule has 3 rings (SSSR count). The fourth-order valence-corrected chi connectivity index (χ4v) is 4.35. The second-order valence-corrected chi connectivity index (χ2v) is 7.96. The van der Waals surface area contributed by atoms with Crippen LogP contribution in [0.15, 0.2) is 18.3 Å². The van der Waals surface area contributed by atoms with Crippen molar-refractivity contribution in [1.29, 1.82) is 5.26 Å². The molecule has 1 aliphatic heterocycles. The van der Waals surface area contributed by atoms with Gasteiger partial charge in [0.25, 0.3) is 0 Å². The van der Waals surface area contributed by atoms with Gasteiger partial charge in [0.1, 0.15) is 6.17 Å². The topological polar surface area (TPSA) is 69.5 Å². The van der Waals surface area contributed by atoms with Crippen LogP contribution in [-0.2, 0) is 10.2 Å². The summed E-state index contributed by atoms with van der Waals surface area (Å²) in [4.78, 5) is 19.9. The number of hydrogen-bond donors (Lipinski definition) is 0. The predicted octanol–water partition coefficient (Wildman–Crippen LogP) is 3.55. The number of ether oxygens (including phenoxy) is 1. The molecular weight excluding hydrogens is 383 g/mol. The molecule has 1 aliphatic carbocycles. The van der Waals surface area contributed by atoms with E-state index in [1.54, 1.807) is 19.2 Å². The Kier molecular flexibility index (Phi) is 6.73. The third kappa shape index (κ3) is 4.56. The Balaban J connectivity index is 1.63. The van der Waals surface area contributed by atoms with Gasteiger partial charge >= 0.3 is 6.09 Å². The Morgan fingerprint density at radius 3 is 2.75 bits per heavy atom. The zero-order chi connectivity index (χ0) is 20.1. The van der Waals surface area contributed by atoms with Crippen molar-refractivity contribution in [3.63, 3.8) is 0 Å². The van der Waals surface area contributed by atoms with Gasteiger partial charge in [-0.3, -0.25) is 9.88 Å². The van der Waals surface area contributed by atoms with Gasteiger partial charge in [0.05, 0.1) is 35.4 Å². The number of carbonyl (C=O) groups excluding carboxylic acids is 1. The highest BCUT2D eigenvalue weighted by molar-refractivity contribution is 6.30. The van der Waals surface area contributed by atoms with Crippen LogP contribution in [0.5, 0.6) is 0 Å². The number of rotatable bonds is 3. The maximum atomic E-state index is 14.5. The van der Waals surface area contributed by atoms with E-state index in [-0.39, 0.29) is 19.2 Å². The van der Waals surface area contributed by atoms with Crippen molar-refractivity contribution >= 4 is 17.7 Å². The van der Waals surface area contributed by atoms with Gasteiger partial charge in [-0.1, -0.05) is 11.6 Å². The molecule has 152 valence electrons. The first kappa shape index (κ1) is 20.8. The highest BCUT2D eigenvalue weighted by Gasteiger charge is 2.40. The summed E-state index contributed by atoms with van der Waals surface area (Å²) in [5.74, 6) is 0. The smallest absolute Gasteiger partial charge is 0.409 e. The molecule has 0 aromatic carbocycles. The fraction of sp³-hybridized carbons (Fsp3) is 0.650. The van der Waals surface area contributed by atoms with Gasteiger partial charge in [0.2, 0.25) is 0 Å². The third-order valence-electron chi connectivity index (χ3n) is 5.79. The van der Waals surface area contributed by atoms with Crippen LogP contribution in [0.2, 0.25) is 5.02 Å². The summed E-state index contributed by atoms with van der Waals surface area (Å²) in [5.41, 5.74) is 0.143. The Hall–Kier alpha value is -1.91. The van der Waals surface area contributed by atoms with Gasteiger partial charge in [0, 0.05) is 31.9 Å². The first-order valence-electron chi connectivity index (χ1n) is 9.80. The molecule has 1 unspecified atom stereocenters. The molecule has 2 heterocycles. The van der Waals surface area contributed by atoms with Crippen molar-refractivity contribution in [2.24, 2.45) is 0 Å². The first-order valence-corrected chi connectivity index (χ1v) is 10.2. The van der Waals surface area contributed by atoms with Crippen LogP contribution in [0, 0.1) is 11.3 Å². The van der Waals surface area contributed by atoms with E-state index in [0.29, 0.717) is 37.5 Å². The number of pyridine rings is 1. The standard InChI is InChI=1S/C20H26ClFN4O2/c1-2-28-19(27)26-10-9-25(12-16(22)13-26)17-5-7-20(14-23,8-6-17)18-4-3-15(21)11-24-18/h3-4,11,16-17H,2,5-10,12-13H2,1H3. The Labute approximate surface area is 170 Å². The number of carbonyl (C=O) groups is 1. The molecular formula is C20H26ClFN4O2. The quantitative estimate of drug-likeness (QED) is 0.764. The van der Waals surface area contributed by atoms with Crippen LogP contribution in [0.4, 0.5) is 9.18 Å². The van der Waals surface area contributed by atoms with Gasteiger partial charge < -0.3 is 9.64 Å². The molecule has 28 heavy (non-hydrogen) atoms. The molecule has 2 fully saturated rings. The van der Waals surface area contributed by atoms with Crippen molar-refractivity contribution < 1.29 is 13.9 Å². The van der Waals surface area contributed by atoms with Crippen LogP contribution >= 0.6 is 11.6 Å². The number of nitrogens with zero attached hydrogens (tertiary/aromatic N) is 4. The average Bonchev–Trinajstić information content (AvgIpc) is 2.90. The number of nitriles is 1. The highest BCUT2D eigenvalue weighted by Crippen LogP contribution is 2.40. The second-order valence-electron chi connectivity index (χ2n) is 7.52. The first-order chi connectivity index (χ1) is 13.5. The zero-order valence-electron chi connectivity index (χ0n) is 16.1. The van der Waals surface area contributed by atoms with Gasteiger partial charge in [-0.2, -0.15) is 5.26 Å². The second kappa shape index (κ2) is 9.06. The number of hydrogen-bond acceptors (Lipinski definition) is 5. The normalized spacial score (nSPS) is 29.0. The van der Waals surface area contributed by atoms with Crippen LogP contribution in [0.1, 0.15) is 38.3 Å². The summed E-state index contributed by atoms with van der Waals surface area (Å²) in [6, 6.07) is 6.26. The van der Waals surface area contributed by atoms with E-state index < -0.39 is 17.7 Å². The minimum absolute atomic E-state index is 0.0683. The van der Waals surface area contributed by atoms with Gasteiger partial charge in [0.15, 0.2) is 0 Å². The highest BCUT2D eigenvalue weighted by atomic mass is 35.5. The molecule has 1 aromatic heterocycles. The summed E-state index contributed by atoms with van der Waals surface area (Å²) in [6.07, 6.45) is 2.97. The number of halogens is 2. The third-order valence-corrected chi connectivity index (χ3v) is 6.01. The average molecular weight is 409 g/mol. The van der Waals surface area contributed by atoms with E-state index in [9.17, 15) is 14.4 Å². The van der Waals surface area contributed by atoms with Gasteiger partial charge in [-0.05, 0) is 44.7 Å². The monoisotopic (exact) mass is 408 g/mol. The lowest BCUT2D eigenvalue weighted by molar-refractivity contribution is 0.101.